The minimum absolute atomic E-state index is 0.123. The molecular formula is C37H40N4O7. The van der Waals surface area contributed by atoms with Crippen LogP contribution >= 0.6 is 0 Å². The third-order valence-electron chi connectivity index (χ3n) is 7.21. The number of benzene rings is 3. The van der Waals surface area contributed by atoms with E-state index in [0.29, 0.717) is 22.5 Å². The van der Waals surface area contributed by atoms with Crippen molar-refractivity contribution in [1.29, 1.82) is 0 Å². The molecule has 3 aromatic carbocycles. The first-order valence-corrected chi connectivity index (χ1v) is 15.7. The van der Waals surface area contributed by atoms with E-state index in [-0.39, 0.29) is 37.6 Å². The molecule has 48 heavy (non-hydrogen) atoms. The highest BCUT2D eigenvalue weighted by atomic mass is 16.6. The van der Waals surface area contributed by atoms with E-state index < -0.39 is 41.6 Å². The molecular weight excluding hydrogens is 612 g/mol. The number of rotatable bonds is 9. The number of carbonyl (C=O) groups excluding carboxylic acids is 5. The molecule has 2 N–H and O–H groups in total. The maximum absolute atomic E-state index is 14.6. The van der Waals surface area contributed by atoms with Crippen LogP contribution in [0.25, 0.3) is 0 Å². The fourth-order valence-electron chi connectivity index (χ4n) is 5.22. The van der Waals surface area contributed by atoms with Gasteiger partial charge in [0, 0.05) is 36.3 Å². The van der Waals surface area contributed by atoms with Crippen LogP contribution < -0.4 is 15.5 Å². The van der Waals surface area contributed by atoms with E-state index >= 15 is 0 Å². The van der Waals surface area contributed by atoms with Gasteiger partial charge in [0.25, 0.3) is 17.7 Å². The second-order valence-corrected chi connectivity index (χ2v) is 12.1. The van der Waals surface area contributed by atoms with Crippen LogP contribution in [0.1, 0.15) is 68.6 Å². The fourth-order valence-corrected chi connectivity index (χ4v) is 5.22. The first-order chi connectivity index (χ1) is 22.9. The third-order valence-corrected chi connectivity index (χ3v) is 7.21. The van der Waals surface area contributed by atoms with Gasteiger partial charge in [-0.1, -0.05) is 54.5 Å². The van der Waals surface area contributed by atoms with E-state index in [0.717, 1.165) is 0 Å². The molecule has 1 heterocycles. The zero-order valence-corrected chi connectivity index (χ0v) is 27.7. The summed E-state index contributed by atoms with van der Waals surface area (Å²) in [5.74, 6) is 3.37. The minimum Gasteiger partial charge on any atom is -0.466 e. The summed E-state index contributed by atoms with van der Waals surface area (Å²) in [6.45, 7) is 9.11. The number of hydrogen-bond donors (Lipinski definition) is 2. The molecule has 2 atom stereocenters. The van der Waals surface area contributed by atoms with Crippen LogP contribution in [0.3, 0.4) is 0 Å². The maximum Gasteiger partial charge on any atom is 0.407 e. The average Bonchev–Trinajstić information content (AvgIpc) is 3.13. The lowest BCUT2D eigenvalue weighted by molar-refractivity contribution is -0.144. The first-order valence-electron chi connectivity index (χ1n) is 15.7. The monoisotopic (exact) mass is 652 g/mol. The summed E-state index contributed by atoms with van der Waals surface area (Å²) in [7, 11) is 0. The number of hydrogen-bond acceptors (Lipinski definition) is 7. The van der Waals surface area contributed by atoms with Gasteiger partial charge >= 0.3 is 12.1 Å². The smallest absolute Gasteiger partial charge is 0.407 e. The summed E-state index contributed by atoms with van der Waals surface area (Å²) in [5, 5.41) is 5.16. The number of nitrogens with one attached hydrogen (secondary N) is 2. The Kier molecular flexibility index (Phi) is 11.6. The number of carbonyl (C=O) groups is 5. The molecule has 0 bridgehead atoms. The lowest BCUT2D eigenvalue weighted by Crippen LogP contribution is -2.46. The van der Waals surface area contributed by atoms with Crippen molar-refractivity contribution in [2.75, 3.05) is 24.6 Å². The second-order valence-electron chi connectivity index (χ2n) is 12.1. The summed E-state index contributed by atoms with van der Waals surface area (Å²) in [6.07, 6.45) is -0.722. The van der Waals surface area contributed by atoms with E-state index in [1.54, 1.807) is 101 Å². The largest absolute Gasteiger partial charge is 0.466 e. The lowest BCUT2D eigenvalue weighted by atomic mass is 10.0. The van der Waals surface area contributed by atoms with Crippen molar-refractivity contribution in [3.8, 4) is 11.8 Å². The number of ether oxygens (including phenoxy) is 2. The van der Waals surface area contributed by atoms with Gasteiger partial charge in [0.2, 0.25) is 0 Å². The fraction of sp³-hybridized carbons (Fsp3) is 0.324. The van der Waals surface area contributed by atoms with Crippen LogP contribution in [-0.4, -0.2) is 66.0 Å². The van der Waals surface area contributed by atoms with Gasteiger partial charge in [-0.15, -0.1) is 0 Å². The first kappa shape index (κ1) is 35.2. The molecule has 11 heteroatoms. The molecule has 3 aromatic rings. The molecule has 0 aromatic heterocycles. The Hall–Kier alpha value is -5.63. The highest BCUT2D eigenvalue weighted by Gasteiger charge is 2.43. The molecule has 0 saturated carbocycles. The number of amides is 4. The summed E-state index contributed by atoms with van der Waals surface area (Å²) < 4.78 is 10.4. The van der Waals surface area contributed by atoms with Crippen molar-refractivity contribution >= 4 is 41.2 Å². The molecule has 0 fully saturated rings. The summed E-state index contributed by atoms with van der Waals surface area (Å²) in [6, 6.07) is 21.0. The molecule has 2 unspecified atom stereocenters. The van der Waals surface area contributed by atoms with E-state index in [2.05, 4.69) is 22.5 Å². The topological polar surface area (TPSA) is 134 Å². The van der Waals surface area contributed by atoms with Gasteiger partial charge in [-0.05, 0) is 70.5 Å². The van der Waals surface area contributed by atoms with Crippen molar-refractivity contribution in [3.05, 3.63) is 95.6 Å². The predicted molar refractivity (Wildman–Crippen MR) is 180 cm³/mol. The third kappa shape index (κ3) is 9.00. The minimum atomic E-state index is -1.06. The van der Waals surface area contributed by atoms with Crippen molar-refractivity contribution in [1.82, 2.24) is 15.5 Å². The Labute approximate surface area is 280 Å². The van der Waals surface area contributed by atoms with Crippen LogP contribution in [0.15, 0.2) is 78.9 Å². The van der Waals surface area contributed by atoms with Crippen molar-refractivity contribution in [2.24, 2.45) is 0 Å². The zero-order chi connectivity index (χ0) is 34.8. The van der Waals surface area contributed by atoms with E-state index in [1.807, 2.05) is 12.1 Å². The number of anilines is 2. The van der Waals surface area contributed by atoms with Crippen LogP contribution in [0, 0.1) is 11.8 Å². The summed E-state index contributed by atoms with van der Waals surface area (Å²) in [4.78, 5) is 69.0. The van der Waals surface area contributed by atoms with Gasteiger partial charge in [-0.3, -0.25) is 24.1 Å². The lowest BCUT2D eigenvalue weighted by Gasteiger charge is -2.35. The summed E-state index contributed by atoms with van der Waals surface area (Å²) in [5.41, 5.74) is 1.37. The van der Waals surface area contributed by atoms with Gasteiger partial charge in [0.15, 0.2) is 0 Å². The van der Waals surface area contributed by atoms with Gasteiger partial charge in [0.05, 0.1) is 24.3 Å². The molecule has 11 nitrogen and oxygen atoms in total. The van der Waals surface area contributed by atoms with E-state index in [9.17, 15) is 24.0 Å². The Balaban J connectivity index is 1.69. The van der Waals surface area contributed by atoms with E-state index in [1.165, 1.54) is 9.80 Å². The van der Waals surface area contributed by atoms with Crippen molar-refractivity contribution in [3.63, 3.8) is 0 Å². The normalized spacial score (nSPS) is 14.9. The van der Waals surface area contributed by atoms with Crippen molar-refractivity contribution < 1.29 is 33.4 Å². The number of fused-ring (bicyclic) bond motifs is 1. The Morgan fingerprint density at radius 2 is 1.56 bits per heavy atom. The maximum atomic E-state index is 14.6. The van der Waals surface area contributed by atoms with Gasteiger partial charge in [-0.25, -0.2) is 4.79 Å². The van der Waals surface area contributed by atoms with Crippen molar-refractivity contribution in [2.45, 2.75) is 58.7 Å². The molecule has 0 radical (unpaired) electrons. The number of para-hydroxylation sites is 1. The van der Waals surface area contributed by atoms with Gasteiger partial charge < -0.3 is 25.0 Å². The average molecular weight is 653 g/mol. The molecule has 1 aliphatic heterocycles. The number of nitrogens with zero attached hydrogens (tertiary/aromatic N) is 2. The highest BCUT2D eigenvalue weighted by molar-refractivity contribution is 6.14. The van der Waals surface area contributed by atoms with Crippen LogP contribution in [0.2, 0.25) is 0 Å². The van der Waals surface area contributed by atoms with E-state index in [4.69, 9.17) is 9.47 Å². The van der Waals surface area contributed by atoms with Crippen LogP contribution in [0.5, 0.6) is 0 Å². The van der Waals surface area contributed by atoms with Crippen LogP contribution in [0.4, 0.5) is 16.2 Å². The Morgan fingerprint density at radius 3 is 2.21 bits per heavy atom. The molecule has 4 amide bonds. The van der Waals surface area contributed by atoms with Gasteiger partial charge in [0.1, 0.15) is 11.6 Å². The molecule has 0 spiro atoms. The Bertz CT molecular complexity index is 1710. The SMILES string of the molecule is CCOC(=O)CC(C)N1C(=O)c2cc(C#CC(=O)NCCNC(=O)OC(C)(C)C)ccc2N(c2ccccc2)C(=O)C1c1ccccc1. The molecule has 1 aliphatic rings. The molecule has 0 aliphatic carbocycles. The molecule has 250 valence electrons. The Morgan fingerprint density at radius 1 is 0.917 bits per heavy atom. The standard InChI is InChI=1S/C37H40N4O7/c1-6-47-32(43)23-25(2)40-33(27-13-9-7-10-14-27)35(45)41(28-15-11-8-12-16-28)30-19-17-26(24-29(30)34(40)44)18-20-31(42)38-21-22-39-36(46)48-37(3,4)5/h7-17,19,24-25,33H,6,21-23H2,1-5H3,(H,38,42)(H,39,46). The molecule has 4 rings (SSSR count). The van der Waals surface area contributed by atoms with Crippen LogP contribution in [-0.2, 0) is 23.9 Å². The second kappa shape index (κ2) is 15.8. The zero-order valence-electron chi connectivity index (χ0n) is 27.7. The summed E-state index contributed by atoms with van der Waals surface area (Å²) >= 11 is 0. The number of alkyl carbamates (subject to hydrolysis) is 1. The molecule has 0 saturated heterocycles. The van der Waals surface area contributed by atoms with Gasteiger partial charge in [-0.2, -0.15) is 0 Å². The highest BCUT2D eigenvalue weighted by Crippen LogP contribution is 2.40. The quantitative estimate of drug-likeness (QED) is 0.191. The predicted octanol–water partition coefficient (Wildman–Crippen LogP) is 4.88. The number of esters is 1.